The quantitative estimate of drug-likeness (QED) is 0.415. The van der Waals surface area contributed by atoms with Crippen molar-refractivity contribution in [3.8, 4) is 0 Å². The predicted octanol–water partition coefficient (Wildman–Crippen LogP) is -8.99. The molecule has 0 aliphatic rings. The Hall–Kier alpha value is 1.61. The van der Waals surface area contributed by atoms with E-state index in [0.717, 1.165) is 0 Å². The van der Waals surface area contributed by atoms with Gasteiger partial charge in [0.1, 0.15) is 0 Å². The third kappa shape index (κ3) is 9.49. The molecule has 4 heavy (non-hydrogen) atoms. The molecule has 0 fully saturated rings. The fourth-order valence-electron chi connectivity index (χ4n) is 0. The van der Waals surface area contributed by atoms with E-state index < -0.39 is 0 Å². The first-order valence-corrected chi connectivity index (χ1v) is 0. The van der Waals surface area contributed by atoms with Crippen LogP contribution in [0, 0.1) is 0 Å². The van der Waals surface area contributed by atoms with Gasteiger partial charge in [-0.05, 0) is 0 Å². The van der Waals surface area contributed by atoms with Gasteiger partial charge in [0.2, 0.25) is 0 Å². The normalized spacial score (nSPS) is 0. The van der Waals surface area contributed by atoms with Crippen molar-refractivity contribution in [1.29, 1.82) is 0 Å². The van der Waals surface area contributed by atoms with E-state index >= 15 is 0 Å². The molecule has 0 spiro atoms. The third-order valence-electron chi connectivity index (χ3n) is 0. The minimum absolute atomic E-state index is 0. The van der Waals surface area contributed by atoms with Crippen molar-refractivity contribution in [3.05, 3.63) is 0 Å². The first-order chi connectivity index (χ1) is 0. The molecule has 0 radical (unpaired) electrons. The first kappa shape index (κ1) is 46.0. The molecule has 0 aromatic carbocycles. The summed E-state index contributed by atoms with van der Waals surface area (Å²) in [6.45, 7) is 0. The molecule has 0 nitrogen and oxygen atoms in total. The first-order valence-electron chi connectivity index (χ1n) is 0. The maximum Gasteiger partial charge on any atom is 3.00 e. The number of rotatable bonds is 0. The monoisotopic (exact) mass is 286 g/mol. The van der Waals surface area contributed by atoms with Gasteiger partial charge in [-0.3, -0.25) is 0 Å². The van der Waals surface area contributed by atoms with Crippen LogP contribution in [0.1, 0.15) is 0 Å². The van der Waals surface area contributed by atoms with Crippen LogP contribution in [-0.4, -0.2) is 0 Å². The second-order valence-corrected chi connectivity index (χ2v) is 0. The maximum absolute atomic E-state index is 0. The molecular weight excluding hydrogens is 287 g/mol. The summed E-state index contributed by atoms with van der Waals surface area (Å²) in [7, 11) is 0. The third-order valence-corrected chi connectivity index (χ3v) is 0. The molecule has 0 bridgehead atoms. The Kier molecular flexibility index (Phi) is 266. The summed E-state index contributed by atoms with van der Waals surface area (Å²) in [4.78, 5) is 0. The van der Waals surface area contributed by atoms with Gasteiger partial charge >= 0.3 is 22.4 Å². The Balaban J connectivity index is 0. The molecule has 0 aromatic heterocycles. The van der Waals surface area contributed by atoms with Crippen molar-refractivity contribution >= 4 is 0 Å². The molecule has 0 atom stereocenters. The van der Waals surface area contributed by atoms with Gasteiger partial charge in [-0.15, -0.1) is 0 Å². The SMILES string of the molecule is [Cl-].[Cl-].[Cl-].[Ta+3]. The van der Waals surface area contributed by atoms with Crippen molar-refractivity contribution in [1.82, 2.24) is 0 Å². The van der Waals surface area contributed by atoms with Crippen LogP contribution in [0.25, 0.3) is 0 Å². The molecular formula is Cl3Ta. The van der Waals surface area contributed by atoms with E-state index in [4.69, 9.17) is 0 Å². The van der Waals surface area contributed by atoms with Crippen LogP contribution in [0.2, 0.25) is 0 Å². The standard InChI is InChI=1S/3ClH.Ta/h3*1H;/q;;;+3/p-3. The Labute approximate surface area is 59.5 Å². The summed E-state index contributed by atoms with van der Waals surface area (Å²) in [5, 5.41) is 0. The van der Waals surface area contributed by atoms with Crippen molar-refractivity contribution < 1.29 is 59.6 Å². The largest absolute Gasteiger partial charge is 3.00 e. The summed E-state index contributed by atoms with van der Waals surface area (Å²) in [6, 6.07) is 0. The molecule has 26 valence electrons. The molecule has 0 saturated heterocycles. The fourth-order valence-corrected chi connectivity index (χ4v) is 0. The van der Waals surface area contributed by atoms with Crippen LogP contribution in [0.3, 0.4) is 0 Å². The van der Waals surface area contributed by atoms with Gasteiger partial charge in [0.15, 0.2) is 0 Å². The number of hydrogen-bond donors (Lipinski definition) is 0. The fraction of sp³-hybridized carbons (Fsp3) is 0. The topological polar surface area (TPSA) is 0 Å². The zero-order valence-electron chi connectivity index (χ0n) is 1.58. The minimum Gasteiger partial charge on any atom is -1.00 e. The average molecular weight is 287 g/mol. The van der Waals surface area contributed by atoms with Gasteiger partial charge in [-0.2, -0.15) is 0 Å². The van der Waals surface area contributed by atoms with Crippen molar-refractivity contribution in [2.24, 2.45) is 0 Å². The minimum atomic E-state index is 0. The van der Waals surface area contributed by atoms with Crippen LogP contribution in [0.15, 0.2) is 0 Å². The zero-order chi connectivity index (χ0) is 0. The van der Waals surface area contributed by atoms with Crippen molar-refractivity contribution in [2.75, 3.05) is 0 Å². The maximum atomic E-state index is 0. The summed E-state index contributed by atoms with van der Waals surface area (Å²) in [5.74, 6) is 0. The van der Waals surface area contributed by atoms with Gasteiger partial charge in [0.25, 0.3) is 0 Å². The Morgan fingerprint density at radius 1 is 0.500 bits per heavy atom. The molecule has 4 heteroatoms. The Morgan fingerprint density at radius 2 is 0.500 bits per heavy atom. The smallest absolute Gasteiger partial charge is 1.00 e. The number of hydrogen-bond acceptors (Lipinski definition) is 0. The predicted molar refractivity (Wildman–Crippen MR) is 0 cm³/mol. The van der Waals surface area contributed by atoms with Crippen LogP contribution in [0.4, 0.5) is 0 Å². The van der Waals surface area contributed by atoms with Crippen LogP contribution in [-0.2, 0) is 22.4 Å². The summed E-state index contributed by atoms with van der Waals surface area (Å²) in [6.07, 6.45) is 0. The Morgan fingerprint density at radius 3 is 0.500 bits per heavy atom. The van der Waals surface area contributed by atoms with Gasteiger partial charge in [0, 0.05) is 0 Å². The summed E-state index contributed by atoms with van der Waals surface area (Å²) >= 11 is 0. The average Bonchev–Trinajstić information content (AvgIpc) is 0. The van der Waals surface area contributed by atoms with Crippen molar-refractivity contribution in [3.63, 3.8) is 0 Å². The van der Waals surface area contributed by atoms with Gasteiger partial charge in [-0.25, -0.2) is 0 Å². The van der Waals surface area contributed by atoms with E-state index in [1.54, 1.807) is 0 Å². The summed E-state index contributed by atoms with van der Waals surface area (Å²) < 4.78 is 0. The van der Waals surface area contributed by atoms with Crippen LogP contribution < -0.4 is 37.2 Å². The van der Waals surface area contributed by atoms with Crippen LogP contribution in [0.5, 0.6) is 0 Å². The molecule has 0 aliphatic carbocycles. The van der Waals surface area contributed by atoms with Gasteiger partial charge < -0.3 is 37.2 Å². The van der Waals surface area contributed by atoms with E-state index in [2.05, 4.69) is 0 Å². The molecule has 0 rings (SSSR count). The summed E-state index contributed by atoms with van der Waals surface area (Å²) in [5.41, 5.74) is 0. The van der Waals surface area contributed by atoms with Crippen molar-refractivity contribution in [2.45, 2.75) is 0 Å². The van der Waals surface area contributed by atoms with E-state index in [1.165, 1.54) is 0 Å². The van der Waals surface area contributed by atoms with Gasteiger partial charge in [0.05, 0.1) is 0 Å². The zero-order valence-corrected chi connectivity index (χ0v) is 7.06. The number of halogens is 3. The molecule has 0 heterocycles. The second kappa shape index (κ2) is 23.2. The van der Waals surface area contributed by atoms with E-state index in [0.29, 0.717) is 0 Å². The Bertz CT molecular complexity index is 3.25. The molecule has 0 unspecified atom stereocenters. The molecule has 0 amide bonds. The van der Waals surface area contributed by atoms with Gasteiger partial charge in [-0.1, -0.05) is 0 Å². The molecule has 0 aliphatic heterocycles. The second-order valence-electron chi connectivity index (χ2n) is 0. The van der Waals surface area contributed by atoms with E-state index in [9.17, 15) is 0 Å². The van der Waals surface area contributed by atoms with Crippen LogP contribution >= 0.6 is 0 Å². The molecule has 0 aromatic rings. The van der Waals surface area contributed by atoms with E-state index in [-0.39, 0.29) is 59.6 Å². The van der Waals surface area contributed by atoms with E-state index in [1.807, 2.05) is 0 Å². The molecule has 0 N–H and O–H groups in total. The molecule has 0 saturated carbocycles.